The highest BCUT2D eigenvalue weighted by Crippen LogP contribution is 2.33. The van der Waals surface area contributed by atoms with Gasteiger partial charge in [0, 0.05) is 16.5 Å². The number of halogens is 2. The van der Waals surface area contributed by atoms with E-state index in [0.717, 1.165) is 23.7 Å². The van der Waals surface area contributed by atoms with Crippen molar-refractivity contribution < 1.29 is 4.79 Å². The van der Waals surface area contributed by atoms with E-state index in [4.69, 9.17) is 11.6 Å². The number of nitrogens with one attached hydrogen (secondary N) is 1. The van der Waals surface area contributed by atoms with Gasteiger partial charge in [-0.15, -0.1) is 11.6 Å². The Kier molecular flexibility index (Phi) is 4.85. The number of carbonyl (C=O) groups is 1. The zero-order chi connectivity index (χ0) is 13.9. The molecule has 0 spiro atoms. The second-order valence-corrected chi connectivity index (χ2v) is 6.61. The van der Waals surface area contributed by atoms with E-state index in [-0.39, 0.29) is 11.4 Å². The Morgan fingerprint density at radius 1 is 1.63 bits per heavy atom. The first kappa shape index (κ1) is 14.8. The van der Waals surface area contributed by atoms with Crippen molar-refractivity contribution in [3.63, 3.8) is 0 Å². The standard InChI is InChI=1S/C14H18BrClN2O/c1-10-3-2-6-14(7-10,9-16)18-13(19)12-5-4-11(15)8-17-12/h4-5,8,10H,2-3,6-7,9H2,1H3,(H,18,19). The molecule has 5 heteroatoms. The fourth-order valence-corrected chi connectivity index (χ4v) is 3.29. The largest absolute Gasteiger partial charge is 0.344 e. The molecule has 2 unspecified atom stereocenters. The van der Waals surface area contributed by atoms with Crippen molar-refractivity contribution >= 4 is 33.4 Å². The molecule has 1 aliphatic carbocycles. The lowest BCUT2D eigenvalue weighted by atomic mass is 9.77. The molecule has 2 rings (SSSR count). The molecule has 2 atom stereocenters. The van der Waals surface area contributed by atoms with Crippen molar-refractivity contribution in [1.82, 2.24) is 10.3 Å². The first-order valence-electron chi connectivity index (χ1n) is 6.55. The van der Waals surface area contributed by atoms with Crippen molar-refractivity contribution in [1.29, 1.82) is 0 Å². The van der Waals surface area contributed by atoms with Crippen LogP contribution in [-0.2, 0) is 0 Å². The zero-order valence-electron chi connectivity index (χ0n) is 11.0. The number of pyridine rings is 1. The van der Waals surface area contributed by atoms with Crippen molar-refractivity contribution in [2.45, 2.75) is 38.1 Å². The molecule has 0 bridgehead atoms. The fraction of sp³-hybridized carbons (Fsp3) is 0.571. The van der Waals surface area contributed by atoms with Gasteiger partial charge in [-0.2, -0.15) is 0 Å². The molecule has 0 aliphatic heterocycles. The summed E-state index contributed by atoms with van der Waals surface area (Å²) in [7, 11) is 0. The minimum atomic E-state index is -0.273. The average Bonchev–Trinajstić information content (AvgIpc) is 2.39. The summed E-state index contributed by atoms with van der Waals surface area (Å²) in [5, 5.41) is 3.10. The van der Waals surface area contributed by atoms with E-state index >= 15 is 0 Å². The highest BCUT2D eigenvalue weighted by atomic mass is 79.9. The molecule has 1 amide bonds. The van der Waals surface area contributed by atoms with Gasteiger partial charge >= 0.3 is 0 Å². The molecule has 1 aliphatic rings. The number of aromatic nitrogens is 1. The van der Waals surface area contributed by atoms with E-state index in [1.807, 2.05) is 6.07 Å². The molecule has 0 aromatic carbocycles. The minimum Gasteiger partial charge on any atom is -0.344 e. The lowest BCUT2D eigenvalue weighted by molar-refractivity contribution is 0.0862. The highest BCUT2D eigenvalue weighted by Gasteiger charge is 2.35. The fourth-order valence-electron chi connectivity index (χ4n) is 2.74. The topological polar surface area (TPSA) is 42.0 Å². The van der Waals surface area contributed by atoms with Crippen molar-refractivity contribution in [3.8, 4) is 0 Å². The number of amides is 1. The normalized spacial score (nSPS) is 27.0. The Morgan fingerprint density at radius 3 is 3.00 bits per heavy atom. The third-order valence-electron chi connectivity index (χ3n) is 3.69. The minimum absolute atomic E-state index is 0.137. The van der Waals surface area contributed by atoms with Crippen LogP contribution < -0.4 is 5.32 Å². The Hall–Kier alpha value is -0.610. The first-order valence-corrected chi connectivity index (χ1v) is 7.87. The van der Waals surface area contributed by atoms with Gasteiger partial charge in [0.2, 0.25) is 0 Å². The van der Waals surface area contributed by atoms with Crippen LogP contribution in [-0.4, -0.2) is 22.3 Å². The summed E-state index contributed by atoms with van der Waals surface area (Å²) in [4.78, 5) is 16.4. The number of rotatable bonds is 3. The third-order valence-corrected chi connectivity index (χ3v) is 4.67. The molecule has 3 nitrogen and oxygen atoms in total. The van der Waals surface area contributed by atoms with Gasteiger partial charge < -0.3 is 5.32 Å². The Bertz CT molecular complexity index is 451. The van der Waals surface area contributed by atoms with Crippen LogP contribution in [0.25, 0.3) is 0 Å². The van der Waals surface area contributed by atoms with Gasteiger partial charge in [-0.05, 0) is 46.8 Å². The predicted molar refractivity (Wildman–Crippen MR) is 80.5 cm³/mol. The molecule has 1 N–H and O–H groups in total. The van der Waals surface area contributed by atoms with Crippen molar-refractivity contribution in [2.24, 2.45) is 5.92 Å². The molecular weight excluding hydrogens is 328 g/mol. The zero-order valence-corrected chi connectivity index (χ0v) is 13.3. The Balaban J connectivity index is 2.09. The Labute approximate surface area is 127 Å². The van der Waals surface area contributed by atoms with Gasteiger partial charge in [0.05, 0.1) is 5.54 Å². The molecule has 1 heterocycles. The van der Waals surface area contributed by atoms with Crippen molar-refractivity contribution in [2.75, 3.05) is 5.88 Å². The summed E-state index contributed by atoms with van der Waals surface area (Å²) in [6, 6.07) is 3.53. The summed E-state index contributed by atoms with van der Waals surface area (Å²) in [5.74, 6) is 0.924. The van der Waals surface area contributed by atoms with E-state index in [9.17, 15) is 4.79 Å². The van der Waals surface area contributed by atoms with E-state index in [1.54, 1.807) is 12.3 Å². The van der Waals surface area contributed by atoms with Crippen LogP contribution in [0.15, 0.2) is 22.8 Å². The molecule has 1 aromatic heterocycles. The number of nitrogens with zero attached hydrogens (tertiary/aromatic N) is 1. The lowest BCUT2D eigenvalue weighted by Crippen LogP contribution is -2.52. The van der Waals surface area contributed by atoms with E-state index in [0.29, 0.717) is 17.5 Å². The molecular formula is C14H18BrClN2O. The maximum absolute atomic E-state index is 12.2. The monoisotopic (exact) mass is 344 g/mol. The summed E-state index contributed by atoms with van der Waals surface area (Å²) in [6.07, 6.45) is 5.85. The maximum atomic E-state index is 12.2. The average molecular weight is 346 g/mol. The van der Waals surface area contributed by atoms with Gasteiger partial charge in [-0.3, -0.25) is 4.79 Å². The van der Waals surface area contributed by atoms with Gasteiger partial charge in [0.25, 0.3) is 5.91 Å². The molecule has 0 radical (unpaired) electrons. The second-order valence-electron chi connectivity index (χ2n) is 5.43. The molecule has 1 fully saturated rings. The maximum Gasteiger partial charge on any atom is 0.270 e. The van der Waals surface area contributed by atoms with Crippen LogP contribution in [0.2, 0.25) is 0 Å². The number of hydrogen-bond donors (Lipinski definition) is 1. The van der Waals surface area contributed by atoms with Gasteiger partial charge in [-0.1, -0.05) is 19.8 Å². The second kappa shape index (κ2) is 6.23. The quantitative estimate of drug-likeness (QED) is 0.848. The highest BCUT2D eigenvalue weighted by molar-refractivity contribution is 9.10. The molecule has 1 aromatic rings. The number of alkyl halides is 1. The first-order chi connectivity index (χ1) is 9.04. The van der Waals surface area contributed by atoms with Gasteiger partial charge in [0.15, 0.2) is 0 Å². The SMILES string of the molecule is CC1CCCC(CCl)(NC(=O)c2ccc(Br)cn2)C1. The van der Waals surface area contributed by atoms with E-state index in [2.05, 4.69) is 33.2 Å². The Morgan fingerprint density at radius 2 is 2.42 bits per heavy atom. The van der Waals surface area contributed by atoms with Crippen LogP contribution in [0, 0.1) is 5.92 Å². The number of hydrogen-bond acceptors (Lipinski definition) is 2. The predicted octanol–water partition coefficient (Wildman–Crippen LogP) is 3.76. The molecule has 0 saturated heterocycles. The van der Waals surface area contributed by atoms with Gasteiger partial charge in [0.1, 0.15) is 5.69 Å². The molecule has 19 heavy (non-hydrogen) atoms. The van der Waals surface area contributed by atoms with Crippen LogP contribution in [0.3, 0.4) is 0 Å². The van der Waals surface area contributed by atoms with E-state index < -0.39 is 0 Å². The number of carbonyl (C=O) groups excluding carboxylic acids is 1. The van der Waals surface area contributed by atoms with Crippen LogP contribution in [0.4, 0.5) is 0 Å². The lowest BCUT2D eigenvalue weighted by Gasteiger charge is -2.39. The van der Waals surface area contributed by atoms with Crippen molar-refractivity contribution in [3.05, 3.63) is 28.5 Å². The third kappa shape index (κ3) is 3.69. The van der Waals surface area contributed by atoms with E-state index in [1.165, 1.54) is 6.42 Å². The summed E-state index contributed by atoms with van der Waals surface area (Å²) < 4.78 is 0.863. The smallest absolute Gasteiger partial charge is 0.270 e. The molecule has 1 saturated carbocycles. The van der Waals surface area contributed by atoms with Gasteiger partial charge in [-0.25, -0.2) is 4.98 Å². The van der Waals surface area contributed by atoms with Crippen LogP contribution in [0.1, 0.15) is 43.1 Å². The summed E-state index contributed by atoms with van der Waals surface area (Å²) >= 11 is 9.43. The summed E-state index contributed by atoms with van der Waals surface area (Å²) in [6.45, 7) is 2.21. The summed E-state index contributed by atoms with van der Waals surface area (Å²) in [5.41, 5.74) is 0.163. The molecule has 104 valence electrons. The van der Waals surface area contributed by atoms with Crippen LogP contribution >= 0.6 is 27.5 Å². The van der Waals surface area contributed by atoms with Crippen LogP contribution in [0.5, 0.6) is 0 Å².